The monoisotopic (exact) mass is 610 g/mol. The van der Waals surface area contributed by atoms with E-state index in [4.69, 9.17) is 29.3 Å². The summed E-state index contributed by atoms with van der Waals surface area (Å²) in [5, 5.41) is 5.98. The van der Waals surface area contributed by atoms with Crippen LogP contribution >= 0.6 is 0 Å². The van der Waals surface area contributed by atoms with Crippen LogP contribution in [0.2, 0.25) is 0 Å². The van der Waals surface area contributed by atoms with Crippen LogP contribution in [0.15, 0.2) is 91.0 Å². The number of nitrogens with zero attached hydrogens (tertiary/aromatic N) is 5. The van der Waals surface area contributed by atoms with E-state index in [1.165, 1.54) is 0 Å². The van der Waals surface area contributed by atoms with Gasteiger partial charge in [0, 0.05) is 30.9 Å². The molecule has 0 aliphatic carbocycles. The Morgan fingerprint density at radius 2 is 1.39 bits per heavy atom. The Morgan fingerprint density at radius 1 is 0.717 bits per heavy atom. The van der Waals surface area contributed by atoms with Gasteiger partial charge < -0.3 is 24.1 Å². The van der Waals surface area contributed by atoms with Gasteiger partial charge in [-0.3, -0.25) is 0 Å². The summed E-state index contributed by atoms with van der Waals surface area (Å²) < 4.78 is 19.2. The van der Waals surface area contributed by atoms with E-state index in [0.717, 1.165) is 61.4 Å². The van der Waals surface area contributed by atoms with Crippen molar-refractivity contribution in [3.8, 4) is 56.7 Å². The number of pyridine rings is 1. The molecule has 0 saturated carbocycles. The number of para-hydroxylation sites is 3. The van der Waals surface area contributed by atoms with Crippen molar-refractivity contribution in [1.82, 2.24) is 24.7 Å². The smallest absolute Gasteiger partial charge is 0.203 e. The van der Waals surface area contributed by atoms with E-state index in [2.05, 4.69) is 34.1 Å². The minimum atomic E-state index is 0.504. The molecular formula is C37H34N6O3. The van der Waals surface area contributed by atoms with Gasteiger partial charge in [0.1, 0.15) is 5.82 Å². The number of fused-ring (bicyclic) bond motifs is 2. The second-order valence-corrected chi connectivity index (χ2v) is 11.2. The summed E-state index contributed by atoms with van der Waals surface area (Å²) in [6.45, 7) is 2.03. The molecule has 0 radical (unpaired) electrons. The summed E-state index contributed by atoms with van der Waals surface area (Å²) in [4.78, 5) is 16.2. The predicted octanol–water partition coefficient (Wildman–Crippen LogP) is 7.70. The van der Waals surface area contributed by atoms with E-state index in [-0.39, 0.29) is 0 Å². The van der Waals surface area contributed by atoms with Gasteiger partial charge in [-0.05, 0) is 61.0 Å². The molecule has 0 spiro atoms. The molecule has 1 N–H and O–H groups in total. The van der Waals surface area contributed by atoms with Gasteiger partial charge in [-0.15, -0.1) is 0 Å². The summed E-state index contributed by atoms with van der Waals surface area (Å²) in [5.41, 5.74) is 9.66. The highest BCUT2D eigenvalue weighted by molar-refractivity contribution is 6.07. The van der Waals surface area contributed by atoms with Crippen molar-refractivity contribution in [2.45, 2.75) is 6.92 Å². The van der Waals surface area contributed by atoms with Gasteiger partial charge in [0.15, 0.2) is 17.1 Å². The number of imidazole rings is 1. The summed E-state index contributed by atoms with van der Waals surface area (Å²) in [6.07, 6.45) is 0. The number of nitrogens with one attached hydrogen (secondary N) is 1. The molecule has 0 saturated heterocycles. The number of benzene rings is 4. The van der Waals surface area contributed by atoms with E-state index >= 15 is 0 Å². The fourth-order valence-electron chi connectivity index (χ4n) is 6.01. The molecule has 4 aromatic carbocycles. The predicted molar refractivity (Wildman–Crippen MR) is 184 cm³/mol. The van der Waals surface area contributed by atoms with E-state index in [9.17, 15) is 0 Å². The number of methoxy groups -OCH3 is 3. The number of rotatable bonds is 8. The van der Waals surface area contributed by atoms with Gasteiger partial charge >= 0.3 is 0 Å². The standard InChI is InChI=1S/C37H34N6O3/c1-22-31-32(23-16-18-25(19-17-23)42(2)3)33(36-38-27-14-10-11-15-28(27)39-36)34(24-20-29(44-4)35(46-6)30(21-24)45-5)40-37(31)43(41-22)26-12-8-7-9-13-26/h7-21H,1-6H3,(H,38,39). The maximum atomic E-state index is 5.79. The molecule has 7 rings (SSSR count). The summed E-state index contributed by atoms with van der Waals surface area (Å²) >= 11 is 0. The van der Waals surface area contributed by atoms with Crippen molar-refractivity contribution in [2.24, 2.45) is 0 Å². The van der Waals surface area contributed by atoms with Crippen molar-refractivity contribution in [1.29, 1.82) is 0 Å². The zero-order valence-corrected chi connectivity index (χ0v) is 26.6. The Labute approximate surface area is 267 Å². The Morgan fingerprint density at radius 3 is 2.02 bits per heavy atom. The van der Waals surface area contributed by atoms with Crippen molar-refractivity contribution in [2.75, 3.05) is 40.3 Å². The molecule has 9 heteroatoms. The van der Waals surface area contributed by atoms with Crippen LogP contribution in [0.4, 0.5) is 5.69 Å². The third-order valence-corrected chi connectivity index (χ3v) is 8.23. The lowest BCUT2D eigenvalue weighted by Gasteiger charge is -2.19. The molecule has 0 atom stereocenters. The maximum Gasteiger partial charge on any atom is 0.203 e. The minimum absolute atomic E-state index is 0.504. The van der Waals surface area contributed by atoms with Crippen LogP contribution in [0.3, 0.4) is 0 Å². The first-order valence-electron chi connectivity index (χ1n) is 14.9. The van der Waals surface area contributed by atoms with Crippen LogP contribution in [0, 0.1) is 6.92 Å². The minimum Gasteiger partial charge on any atom is -0.493 e. The average Bonchev–Trinajstić information content (AvgIpc) is 3.68. The number of ether oxygens (including phenoxy) is 3. The zero-order chi connectivity index (χ0) is 31.9. The van der Waals surface area contributed by atoms with Gasteiger partial charge in [0.2, 0.25) is 5.75 Å². The number of aromatic nitrogens is 5. The molecule has 3 aromatic heterocycles. The van der Waals surface area contributed by atoms with Crippen LogP contribution < -0.4 is 19.1 Å². The van der Waals surface area contributed by atoms with E-state index in [1.807, 2.05) is 92.4 Å². The van der Waals surface area contributed by atoms with Gasteiger partial charge in [-0.1, -0.05) is 42.5 Å². The molecule has 0 amide bonds. The first kappa shape index (κ1) is 28.9. The topological polar surface area (TPSA) is 90.3 Å². The van der Waals surface area contributed by atoms with Crippen LogP contribution in [-0.4, -0.2) is 60.2 Å². The second-order valence-electron chi connectivity index (χ2n) is 11.2. The summed E-state index contributed by atoms with van der Waals surface area (Å²) in [5.74, 6) is 2.25. The largest absolute Gasteiger partial charge is 0.493 e. The fraction of sp³-hybridized carbons (Fsp3) is 0.162. The van der Waals surface area contributed by atoms with Crippen molar-refractivity contribution < 1.29 is 14.2 Å². The summed E-state index contributed by atoms with van der Waals surface area (Å²) in [7, 11) is 8.90. The fourth-order valence-corrected chi connectivity index (χ4v) is 6.01. The lowest BCUT2D eigenvalue weighted by molar-refractivity contribution is 0.324. The zero-order valence-electron chi connectivity index (χ0n) is 26.6. The number of H-pyrrole nitrogens is 1. The van der Waals surface area contributed by atoms with Gasteiger partial charge in [-0.2, -0.15) is 5.10 Å². The average molecular weight is 611 g/mol. The van der Waals surface area contributed by atoms with E-state index in [0.29, 0.717) is 28.8 Å². The van der Waals surface area contributed by atoms with Crippen molar-refractivity contribution in [3.05, 3.63) is 96.7 Å². The number of anilines is 1. The van der Waals surface area contributed by atoms with Gasteiger partial charge in [0.25, 0.3) is 0 Å². The summed E-state index contributed by atoms with van der Waals surface area (Å²) in [6, 6.07) is 30.5. The van der Waals surface area contributed by atoms with Crippen LogP contribution in [0.1, 0.15) is 5.69 Å². The van der Waals surface area contributed by atoms with Crippen LogP contribution in [-0.2, 0) is 0 Å². The number of aromatic amines is 1. The Balaban J connectivity index is 1.67. The molecule has 230 valence electrons. The third kappa shape index (κ3) is 4.77. The molecule has 0 unspecified atom stereocenters. The quantitative estimate of drug-likeness (QED) is 0.189. The number of aryl methyl sites for hydroxylation is 1. The molecular weight excluding hydrogens is 576 g/mol. The maximum absolute atomic E-state index is 5.79. The Hall–Kier alpha value is -5.83. The Kier molecular flexibility index (Phi) is 7.28. The highest BCUT2D eigenvalue weighted by Gasteiger charge is 2.27. The van der Waals surface area contributed by atoms with Gasteiger partial charge in [-0.25, -0.2) is 14.6 Å². The molecule has 9 nitrogen and oxygen atoms in total. The van der Waals surface area contributed by atoms with Gasteiger partial charge in [0.05, 0.1) is 60.4 Å². The molecule has 0 aliphatic heterocycles. The molecule has 0 bridgehead atoms. The van der Waals surface area contributed by atoms with E-state index < -0.39 is 0 Å². The second kappa shape index (κ2) is 11.6. The SMILES string of the molecule is COc1cc(-c2nc3c(c(C)nn3-c3ccccc3)c(-c3ccc(N(C)C)cc3)c2-c2nc3ccccc3[nH]2)cc(OC)c1OC. The molecule has 3 heterocycles. The normalized spacial score (nSPS) is 11.3. The highest BCUT2D eigenvalue weighted by atomic mass is 16.5. The lowest BCUT2D eigenvalue weighted by Crippen LogP contribution is -2.08. The number of hydrogen-bond acceptors (Lipinski definition) is 7. The van der Waals surface area contributed by atoms with Crippen LogP contribution in [0.5, 0.6) is 17.2 Å². The first-order valence-corrected chi connectivity index (χ1v) is 14.9. The van der Waals surface area contributed by atoms with Crippen molar-refractivity contribution in [3.63, 3.8) is 0 Å². The van der Waals surface area contributed by atoms with Crippen LogP contribution in [0.25, 0.3) is 61.5 Å². The first-order chi connectivity index (χ1) is 22.4. The lowest BCUT2D eigenvalue weighted by atomic mass is 9.91. The highest BCUT2D eigenvalue weighted by Crippen LogP contribution is 2.47. The molecule has 0 fully saturated rings. The Bertz CT molecular complexity index is 2140. The molecule has 7 aromatic rings. The molecule has 0 aliphatic rings. The van der Waals surface area contributed by atoms with Crippen molar-refractivity contribution >= 4 is 27.8 Å². The number of hydrogen-bond donors (Lipinski definition) is 1. The third-order valence-electron chi connectivity index (χ3n) is 8.23. The molecule has 46 heavy (non-hydrogen) atoms. The van der Waals surface area contributed by atoms with E-state index in [1.54, 1.807) is 21.3 Å².